The number of amides is 1. The van der Waals surface area contributed by atoms with Crippen molar-refractivity contribution in [1.29, 1.82) is 0 Å². The molecule has 0 bridgehead atoms. The van der Waals surface area contributed by atoms with Gasteiger partial charge in [0.15, 0.2) is 5.43 Å². The van der Waals surface area contributed by atoms with Crippen LogP contribution in [0.25, 0.3) is 21.8 Å². The number of pyridine rings is 1. The van der Waals surface area contributed by atoms with Crippen molar-refractivity contribution >= 4 is 33.4 Å². The van der Waals surface area contributed by atoms with Gasteiger partial charge >= 0.3 is 0 Å². The number of anilines is 1. The molecule has 0 aliphatic heterocycles. The fourth-order valence-corrected chi connectivity index (χ4v) is 4.59. The largest absolute Gasteiger partial charge is 0.340 e. The number of benzene rings is 3. The first-order valence-corrected chi connectivity index (χ1v) is 10.6. The van der Waals surface area contributed by atoms with Crippen LogP contribution >= 0.6 is 0 Å². The Morgan fingerprint density at radius 1 is 0.867 bits per heavy atom. The van der Waals surface area contributed by atoms with E-state index in [0.717, 1.165) is 40.3 Å². The van der Waals surface area contributed by atoms with Gasteiger partial charge in [0.25, 0.3) is 0 Å². The van der Waals surface area contributed by atoms with Crippen LogP contribution in [-0.4, -0.2) is 10.5 Å². The third-order valence-electron chi connectivity index (χ3n) is 6.05. The minimum atomic E-state index is 0.0302. The summed E-state index contributed by atoms with van der Waals surface area (Å²) in [4.78, 5) is 25.3. The van der Waals surface area contributed by atoms with E-state index < -0.39 is 0 Å². The Balaban J connectivity index is 1.34. The van der Waals surface area contributed by atoms with Crippen LogP contribution in [0.4, 0.5) is 5.69 Å². The summed E-state index contributed by atoms with van der Waals surface area (Å²) in [6.07, 6.45) is 4.59. The van der Waals surface area contributed by atoms with Gasteiger partial charge in [0.05, 0.1) is 11.0 Å². The maximum atomic E-state index is 12.8. The van der Waals surface area contributed by atoms with Gasteiger partial charge in [-0.1, -0.05) is 30.3 Å². The van der Waals surface area contributed by atoms with E-state index in [2.05, 4.69) is 22.0 Å². The number of nitrogens with one attached hydrogen (secondary N) is 1. The van der Waals surface area contributed by atoms with Gasteiger partial charge in [-0.2, -0.15) is 0 Å². The predicted molar refractivity (Wildman–Crippen MR) is 122 cm³/mol. The molecule has 4 nitrogen and oxygen atoms in total. The number of carbonyl (C=O) groups is 1. The van der Waals surface area contributed by atoms with Crippen LogP contribution < -0.4 is 10.7 Å². The lowest BCUT2D eigenvalue weighted by Crippen LogP contribution is -2.15. The highest BCUT2D eigenvalue weighted by Gasteiger charge is 2.13. The highest BCUT2D eigenvalue weighted by atomic mass is 16.1. The van der Waals surface area contributed by atoms with Crippen molar-refractivity contribution in [2.24, 2.45) is 0 Å². The fraction of sp³-hybridized carbons (Fsp3) is 0.231. The van der Waals surface area contributed by atoms with Gasteiger partial charge in [-0.05, 0) is 73.2 Å². The molecule has 1 aliphatic rings. The second kappa shape index (κ2) is 7.79. The molecule has 0 saturated carbocycles. The predicted octanol–water partition coefficient (Wildman–Crippen LogP) is 5.06. The molecule has 0 atom stereocenters. The first-order chi connectivity index (χ1) is 14.7. The Hall–Kier alpha value is -3.40. The molecule has 3 aromatic carbocycles. The van der Waals surface area contributed by atoms with E-state index in [0.29, 0.717) is 19.4 Å². The highest BCUT2D eigenvalue weighted by molar-refractivity contribution is 5.93. The van der Waals surface area contributed by atoms with E-state index in [1.165, 1.54) is 17.5 Å². The Morgan fingerprint density at radius 3 is 2.27 bits per heavy atom. The third kappa shape index (κ3) is 3.39. The quantitative estimate of drug-likeness (QED) is 0.479. The summed E-state index contributed by atoms with van der Waals surface area (Å²) in [5, 5.41) is 4.49. The summed E-state index contributed by atoms with van der Waals surface area (Å²) in [6, 6.07) is 21.7. The summed E-state index contributed by atoms with van der Waals surface area (Å²) < 4.78 is 2.16. The van der Waals surface area contributed by atoms with E-state index in [1.807, 2.05) is 54.6 Å². The fourth-order valence-electron chi connectivity index (χ4n) is 4.59. The van der Waals surface area contributed by atoms with E-state index >= 15 is 0 Å². The molecule has 1 N–H and O–H groups in total. The van der Waals surface area contributed by atoms with Gasteiger partial charge in [-0.25, -0.2) is 0 Å². The number of fused-ring (bicyclic) bond motifs is 3. The Kier molecular flexibility index (Phi) is 4.83. The van der Waals surface area contributed by atoms with Gasteiger partial charge in [-0.15, -0.1) is 0 Å². The molecule has 4 aromatic rings. The lowest BCUT2D eigenvalue weighted by Gasteiger charge is -2.15. The van der Waals surface area contributed by atoms with Gasteiger partial charge < -0.3 is 9.88 Å². The first-order valence-electron chi connectivity index (χ1n) is 10.6. The zero-order valence-electron chi connectivity index (χ0n) is 16.9. The molecule has 0 radical (unpaired) electrons. The molecular formula is C26H24N2O2. The molecule has 0 unspecified atom stereocenters. The topological polar surface area (TPSA) is 51.1 Å². The molecule has 1 amide bonds. The van der Waals surface area contributed by atoms with Crippen molar-refractivity contribution in [3.8, 4) is 0 Å². The van der Waals surface area contributed by atoms with Crippen LogP contribution in [-0.2, 0) is 24.2 Å². The van der Waals surface area contributed by atoms with Crippen LogP contribution in [0.2, 0.25) is 0 Å². The standard InChI is InChI=1S/C26H24N2O2/c29-25(27-20-15-14-18-7-5-8-19(18)17-20)13-6-16-28-23-11-3-1-9-21(23)26(30)22-10-2-4-12-24(22)28/h1-4,9-12,14-15,17H,5-8,13,16H2,(H,27,29). The molecule has 0 spiro atoms. The number of carbonyl (C=O) groups excluding carboxylic acids is 1. The summed E-state index contributed by atoms with van der Waals surface area (Å²) in [5.41, 5.74) is 5.55. The molecule has 0 saturated heterocycles. The summed E-state index contributed by atoms with van der Waals surface area (Å²) >= 11 is 0. The van der Waals surface area contributed by atoms with Crippen molar-refractivity contribution in [1.82, 2.24) is 4.57 Å². The van der Waals surface area contributed by atoms with Crippen LogP contribution in [0.1, 0.15) is 30.4 Å². The first kappa shape index (κ1) is 18.6. The number of nitrogens with zero attached hydrogens (tertiary/aromatic N) is 1. The molecule has 1 heterocycles. The maximum Gasteiger partial charge on any atom is 0.224 e. The average molecular weight is 396 g/mol. The van der Waals surface area contributed by atoms with Crippen LogP contribution in [0, 0.1) is 0 Å². The van der Waals surface area contributed by atoms with Crippen molar-refractivity contribution in [3.63, 3.8) is 0 Å². The smallest absolute Gasteiger partial charge is 0.224 e. The second-order valence-corrected chi connectivity index (χ2v) is 8.00. The molecule has 0 fully saturated rings. The third-order valence-corrected chi connectivity index (χ3v) is 6.05. The molecule has 4 heteroatoms. The van der Waals surface area contributed by atoms with Crippen molar-refractivity contribution < 1.29 is 4.79 Å². The summed E-state index contributed by atoms with van der Waals surface area (Å²) in [5.74, 6) is 0.0302. The SMILES string of the molecule is O=C(CCCn1c2ccccc2c(=O)c2ccccc21)Nc1ccc2c(c1)CCC2. The molecule has 1 aliphatic carbocycles. The minimum Gasteiger partial charge on any atom is -0.340 e. The zero-order chi connectivity index (χ0) is 20.5. The van der Waals surface area contributed by atoms with E-state index in [1.54, 1.807) is 0 Å². The zero-order valence-corrected chi connectivity index (χ0v) is 16.9. The average Bonchev–Trinajstić information content (AvgIpc) is 3.24. The van der Waals surface area contributed by atoms with Crippen LogP contribution in [0.3, 0.4) is 0 Å². The van der Waals surface area contributed by atoms with Gasteiger partial charge in [-0.3, -0.25) is 9.59 Å². The molecule has 1 aromatic heterocycles. The number of para-hydroxylation sites is 2. The van der Waals surface area contributed by atoms with E-state index in [9.17, 15) is 9.59 Å². The Labute approximate surface area is 175 Å². The van der Waals surface area contributed by atoms with Gasteiger partial charge in [0.2, 0.25) is 5.91 Å². The Morgan fingerprint density at radius 2 is 1.53 bits per heavy atom. The normalized spacial score (nSPS) is 12.9. The summed E-state index contributed by atoms with van der Waals surface area (Å²) in [7, 11) is 0. The minimum absolute atomic E-state index is 0.0302. The van der Waals surface area contributed by atoms with E-state index in [-0.39, 0.29) is 11.3 Å². The summed E-state index contributed by atoms with van der Waals surface area (Å²) in [6.45, 7) is 0.679. The molecular weight excluding hydrogens is 372 g/mol. The molecule has 150 valence electrons. The maximum absolute atomic E-state index is 12.8. The number of rotatable bonds is 5. The van der Waals surface area contributed by atoms with E-state index in [4.69, 9.17) is 0 Å². The van der Waals surface area contributed by atoms with Crippen molar-refractivity contribution in [3.05, 3.63) is 88.1 Å². The Bertz CT molecular complexity index is 1260. The monoisotopic (exact) mass is 396 g/mol. The lowest BCUT2D eigenvalue weighted by molar-refractivity contribution is -0.116. The van der Waals surface area contributed by atoms with Crippen LogP contribution in [0.15, 0.2) is 71.5 Å². The number of hydrogen-bond donors (Lipinski definition) is 1. The lowest BCUT2D eigenvalue weighted by atomic mass is 10.1. The van der Waals surface area contributed by atoms with Crippen molar-refractivity contribution in [2.45, 2.75) is 38.6 Å². The second-order valence-electron chi connectivity index (χ2n) is 8.00. The highest BCUT2D eigenvalue weighted by Crippen LogP contribution is 2.25. The molecule has 5 rings (SSSR count). The van der Waals surface area contributed by atoms with Crippen molar-refractivity contribution in [2.75, 3.05) is 5.32 Å². The number of aryl methyl sites for hydroxylation is 3. The number of aromatic nitrogens is 1. The van der Waals surface area contributed by atoms with Crippen LogP contribution in [0.5, 0.6) is 0 Å². The van der Waals surface area contributed by atoms with Gasteiger partial charge in [0, 0.05) is 29.4 Å². The van der Waals surface area contributed by atoms with Gasteiger partial charge in [0.1, 0.15) is 0 Å². The number of hydrogen-bond acceptors (Lipinski definition) is 2. The molecule has 30 heavy (non-hydrogen) atoms.